The molecule has 0 spiro atoms. The number of hydrogen-bond acceptors (Lipinski definition) is 3. The van der Waals surface area contributed by atoms with Crippen LogP contribution >= 0.6 is 0 Å². The van der Waals surface area contributed by atoms with Crippen LogP contribution in [0.2, 0.25) is 0 Å². The molecule has 0 radical (unpaired) electrons. The molecule has 0 N–H and O–H groups in total. The van der Waals surface area contributed by atoms with Gasteiger partial charge < -0.3 is 4.42 Å². The molecule has 3 nitrogen and oxygen atoms in total. The van der Waals surface area contributed by atoms with E-state index in [1.165, 1.54) is 6.33 Å². The van der Waals surface area contributed by atoms with Crippen LogP contribution in [0.3, 0.4) is 0 Å². The highest BCUT2D eigenvalue weighted by Crippen LogP contribution is 2.25. The third kappa shape index (κ3) is 1.38. The quantitative estimate of drug-likeness (QED) is 0.600. The molecule has 3 rings (SSSR count). The van der Waals surface area contributed by atoms with Gasteiger partial charge in [0, 0.05) is 11.8 Å². The first-order chi connectivity index (χ1) is 7.43. The molecule has 0 amide bonds. The number of benzene rings is 1. The van der Waals surface area contributed by atoms with Crippen molar-refractivity contribution >= 4 is 11.1 Å². The zero-order valence-electron chi connectivity index (χ0n) is 7.92. The Morgan fingerprint density at radius 3 is 2.73 bits per heavy atom. The minimum Gasteiger partial charge on any atom is -0.438 e. The van der Waals surface area contributed by atoms with E-state index in [1.807, 2.05) is 36.4 Å². The number of hydrogen-bond donors (Lipinski definition) is 0. The molecule has 0 aliphatic carbocycles. The summed E-state index contributed by atoms with van der Waals surface area (Å²) in [7, 11) is 0. The molecule has 0 bridgehead atoms. The maximum atomic E-state index is 5.60. The van der Waals surface area contributed by atoms with E-state index in [2.05, 4.69) is 9.97 Å². The predicted octanol–water partition coefficient (Wildman–Crippen LogP) is 2.89. The number of aromatic nitrogens is 2. The van der Waals surface area contributed by atoms with Crippen LogP contribution in [0, 0.1) is 0 Å². The molecule has 3 aromatic rings. The van der Waals surface area contributed by atoms with Crippen LogP contribution in [0.1, 0.15) is 0 Å². The van der Waals surface area contributed by atoms with E-state index >= 15 is 0 Å². The van der Waals surface area contributed by atoms with Crippen molar-refractivity contribution in [3.05, 3.63) is 48.9 Å². The van der Waals surface area contributed by atoms with Gasteiger partial charge in [0.05, 0.1) is 5.39 Å². The van der Waals surface area contributed by atoms with Crippen molar-refractivity contribution in [3.63, 3.8) is 0 Å². The van der Waals surface area contributed by atoms with E-state index in [-0.39, 0.29) is 0 Å². The van der Waals surface area contributed by atoms with Crippen molar-refractivity contribution < 1.29 is 4.42 Å². The zero-order valence-corrected chi connectivity index (χ0v) is 7.92. The number of fused-ring (bicyclic) bond motifs is 1. The molecule has 2 heterocycles. The lowest BCUT2D eigenvalue weighted by molar-refractivity contribution is 0.617. The van der Waals surface area contributed by atoms with Gasteiger partial charge in [-0.15, -0.1) is 0 Å². The van der Waals surface area contributed by atoms with Crippen molar-refractivity contribution in [1.29, 1.82) is 0 Å². The molecule has 0 saturated heterocycles. The standard InChI is InChI=1S/C12H8N2O/c1-2-4-9(5-3-1)11-6-10-7-13-8-14-12(10)15-11/h1-8H. The molecule has 0 atom stereocenters. The van der Waals surface area contributed by atoms with Crippen molar-refractivity contribution in [2.24, 2.45) is 0 Å². The van der Waals surface area contributed by atoms with E-state index in [0.717, 1.165) is 16.7 Å². The van der Waals surface area contributed by atoms with Crippen molar-refractivity contribution in [2.45, 2.75) is 0 Å². The number of nitrogens with zero attached hydrogens (tertiary/aromatic N) is 2. The van der Waals surface area contributed by atoms with Crippen LogP contribution in [-0.2, 0) is 0 Å². The normalized spacial score (nSPS) is 10.7. The van der Waals surface area contributed by atoms with Gasteiger partial charge in [-0.1, -0.05) is 30.3 Å². The maximum absolute atomic E-state index is 5.60. The van der Waals surface area contributed by atoms with Crippen molar-refractivity contribution in [3.8, 4) is 11.3 Å². The SMILES string of the molecule is c1ccc(-c2cc3cncnc3o2)cc1. The van der Waals surface area contributed by atoms with Crippen molar-refractivity contribution in [2.75, 3.05) is 0 Å². The second kappa shape index (κ2) is 3.20. The highest BCUT2D eigenvalue weighted by Gasteiger charge is 2.05. The lowest BCUT2D eigenvalue weighted by Crippen LogP contribution is -1.72. The summed E-state index contributed by atoms with van der Waals surface area (Å²) < 4.78 is 5.60. The van der Waals surface area contributed by atoms with Crippen LogP contribution in [-0.4, -0.2) is 9.97 Å². The third-order valence-corrected chi connectivity index (χ3v) is 2.25. The van der Waals surface area contributed by atoms with Crippen LogP contribution in [0.25, 0.3) is 22.4 Å². The average molecular weight is 196 g/mol. The molecular weight excluding hydrogens is 188 g/mol. The van der Waals surface area contributed by atoms with Gasteiger partial charge in [0.1, 0.15) is 12.1 Å². The van der Waals surface area contributed by atoms with Crippen LogP contribution in [0.15, 0.2) is 53.3 Å². The smallest absolute Gasteiger partial charge is 0.229 e. The Balaban J connectivity index is 2.21. The molecule has 1 aromatic carbocycles. The number of rotatable bonds is 1. The minimum atomic E-state index is 0.629. The van der Waals surface area contributed by atoms with Gasteiger partial charge in [0.15, 0.2) is 0 Å². The Labute approximate surface area is 86.4 Å². The largest absolute Gasteiger partial charge is 0.438 e. The van der Waals surface area contributed by atoms with Crippen LogP contribution < -0.4 is 0 Å². The molecule has 2 aromatic heterocycles. The van der Waals surface area contributed by atoms with E-state index < -0.39 is 0 Å². The fourth-order valence-corrected chi connectivity index (χ4v) is 1.53. The Kier molecular flexibility index (Phi) is 1.75. The molecule has 0 aliphatic heterocycles. The maximum Gasteiger partial charge on any atom is 0.229 e. The second-order valence-electron chi connectivity index (χ2n) is 3.26. The molecule has 0 aliphatic rings. The average Bonchev–Trinajstić information content (AvgIpc) is 2.74. The summed E-state index contributed by atoms with van der Waals surface area (Å²) >= 11 is 0. The zero-order chi connectivity index (χ0) is 10.1. The molecule has 72 valence electrons. The minimum absolute atomic E-state index is 0.629. The van der Waals surface area contributed by atoms with Crippen molar-refractivity contribution in [1.82, 2.24) is 9.97 Å². The Bertz CT molecular complexity index is 554. The fourth-order valence-electron chi connectivity index (χ4n) is 1.53. The first kappa shape index (κ1) is 8.17. The predicted molar refractivity (Wildman–Crippen MR) is 57.2 cm³/mol. The van der Waals surface area contributed by atoms with Gasteiger partial charge >= 0.3 is 0 Å². The van der Waals surface area contributed by atoms with Gasteiger partial charge in [-0.2, -0.15) is 0 Å². The van der Waals surface area contributed by atoms with Crippen LogP contribution in [0.5, 0.6) is 0 Å². The Morgan fingerprint density at radius 1 is 1.07 bits per heavy atom. The van der Waals surface area contributed by atoms with Gasteiger partial charge in [-0.3, -0.25) is 0 Å². The molecular formula is C12H8N2O. The van der Waals surface area contributed by atoms with Crippen LogP contribution in [0.4, 0.5) is 0 Å². The molecule has 0 fully saturated rings. The summed E-state index contributed by atoms with van der Waals surface area (Å²) in [6.07, 6.45) is 3.24. The van der Waals surface area contributed by atoms with Gasteiger partial charge in [0.2, 0.25) is 5.71 Å². The van der Waals surface area contributed by atoms with E-state index in [9.17, 15) is 0 Å². The first-order valence-electron chi connectivity index (χ1n) is 4.68. The van der Waals surface area contributed by atoms with E-state index in [0.29, 0.717) is 5.71 Å². The van der Waals surface area contributed by atoms with Gasteiger partial charge in [0.25, 0.3) is 0 Å². The van der Waals surface area contributed by atoms with E-state index in [1.54, 1.807) is 6.20 Å². The monoisotopic (exact) mass is 196 g/mol. The molecule has 3 heteroatoms. The highest BCUT2D eigenvalue weighted by molar-refractivity contribution is 5.78. The topological polar surface area (TPSA) is 38.9 Å². The summed E-state index contributed by atoms with van der Waals surface area (Å²) in [6.45, 7) is 0. The molecule has 0 saturated carbocycles. The lowest BCUT2D eigenvalue weighted by Gasteiger charge is -1.92. The second-order valence-corrected chi connectivity index (χ2v) is 3.26. The van der Waals surface area contributed by atoms with Gasteiger partial charge in [-0.25, -0.2) is 9.97 Å². The number of furan rings is 1. The molecule has 15 heavy (non-hydrogen) atoms. The summed E-state index contributed by atoms with van der Waals surface area (Å²) in [5.41, 5.74) is 1.68. The third-order valence-electron chi connectivity index (χ3n) is 2.25. The highest BCUT2D eigenvalue weighted by atomic mass is 16.3. The fraction of sp³-hybridized carbons (Fsp3) is 0. The first-order valence-corrected chi connectivity index (χ1v) is 4.68. The summed E-state index contributed by atoms with van der Waals surface area (Å²) in [5.74, 6) is 0.825. The Morgan fingerprint density at radius 2 is 1.93 bits per heavy atom. The summed E-state index contributed by atoms with van der Waals surface area (Å²) in [6, 6.07) is 11.9. The lowest BCUT2D eigenvalue weighted by atomic mass is 10.2. The van der Waals surface area contributed by atoms with Gasteiger partial charge in [-0.05, 0) is 6.07 Å². The summed E-state index contributed by atoms with van der Waals surface area (Å²) in [4.78, 5) is 8.00. The van der Waals surface area contributed by atoms with E-state index in [4.69, 9.17) is 4.42 Å². The Hall–Kier alpha value is -2.16. The molecule has 0 unspecified atom stereocenters. The summed E-state index contributed by atoms with van der Waals surface area (Å²) in [5, 5.41) is 0.927.